The van der Waals surface area contributed by atoms with Crippen molar-refractivity contribution in [3.8, 4) is 5.75 Å². The summed E-state index contributed by atoms with van der Waals surface area (Å²) in [6.45, 7) is 1.87. The highest BCUT2D eigenvalue weighted by Crippen LogP contribution is 2.09. The Bertz CT molecular complexity index is 364. The molecule has 1 amide bonds. The van der Waals surface area contributed by atoms with Crippen molar-refractivity contribution in [3.05, 3.63) is 29.8 Å². The summed E-state index contributed by atoms with van der Waals surface area (Å²) in [6.07, 6.45) is -0.443. The van der Waals surface area contributed by atoms with Gasteiger partial charge in [0.1, 0.15) is 11.9 Å². The highest BCUT2D eigenvalue weighted by Gasteiger charge is 2.21. The SMILES string of the molecule is O=C1NC[C@@H](CNCc2ccc(O)cc2)O1. The van der Waals surface area contributed by atoms with Crippen LogP contribution in [-0.4, -0.2) is 30.4 Å². The van der Waals surface area contributed by atoms with Gasteiger partial charge < -0.3 is 20.5 Å². The van der Waals surface area contributed by atoms with Gasteiger partial charge in [-0.05, 0) is 17.7 Å². The highest BCUT2D eigenvalue weighted by atomic mass is 16.6. The van der Waals surface area contributed by atoms with Crippen LogP contribution in [0.1, 0.15) is 5.56 Å². The Kier molecular flexibility index (Phi) is 3.26. The fraction of sp³-hybridized carbons (Fsp3) is 0.364. The van der Waals surface area contributed by atoms with E-state index in [0.29, 0.717) is 19.6 Å². The van der Waals surface area contributed by atoms with E-state index in [1.54, 1.807) is 12.1 Å². The summed E-state index contributed by atoms with van der Waals surface area (Å²) >= 11 is 0. The van der Waals surface area contributed by atoms with Crippen molar-refractivity contribution in [2.24, 2.45) is 0 Å². The Morgan fingerprint density at radius 1 is 1.44 bits per heavy atom. The van der Waals surface area contributed by atoms with Gasteiger partial charge >= 0.3 is 6.09 Å². The minimum absolute atomic E-state index is 0.0929. The first kappa shape index (κ1) is 10.8. The first-order chi connectivity index (χ1) is 7.74. The number of aromatic hydroxyl groups is 1. The Morgan fingerprint density at radius 3 is 2.81 bits per heavy atom. The lowest BCUT2D eigenvalue weighted by molar-refractivity contribution is 0.139. The minimum atomic E-state index is -0.351. The van der Waals surface area contributed by atoms with E-state index < -0.39 is 0 Å². The third-order valence-corrected chi connectivity index (χ3v) is 2.39. The summed E-state index contributed by atoms with van der Waals surface area (Å²) < 4.78 is 4.97. The van der Waals surface area contributed by atoms with Crippen molar-refractivity contribution in [1.82, 2.24) is 10.6 Å². The zero-order chi connectivity index (χ0) is 11.4. The van der Waals surface area contributed by atoms with Gasteiger partial charge in [-0.15, -0.1) is 0 Å². The van der Waals surface area contributed by atoms with E-state index >= 15 is 0 Å². The van der Waals surface area contributed by atoms with Crippen molar-refractivity contribution in [2.75, 3.05) is 13.1 Å². The predicted octanol–water partition coefficient (Wildman–Crippen LogP) is 0.590. The summed E-state index contributed by atoms with van der Waals surface area (Å²) in [6, 6.07) is 6.99. The smallest absolute Gasteiger partial charge is 0.407 e. The van der Waals surface area contributed by atoms with E-state index in [9.17, 15) is 4.79 Å². The van der Waals surface area contributed by atoms with E-state index in [1.165, 1.54) is 0 Å². The maximum Gasteiger partial charge on any atom is 0.407 e. The molecule has 1 aromatic carbocycles. The normalized spacial score (nSPS) is 19.2. The first-order valence-electron chi connectivity index (χ1n) is 5.17. The number of rotatable bonds is 4. The fourth-order valence-electron chi connectivity index (χ4n) is 1.54. The molecule has 5 heteroatoms. The van der Waals surface area contributed by atoms with Crippen molar-refractivity contribution < 1.29 is 14.6 Å². The molecular formula is C11H14N2O3. The standard InChI is InChI=1S/C11H14N2O3/c14-9-3-1-8(2-4-9)5-12-6-10-7-13-11(15)16-10/h1-4,10,12,14H,5-7H2,(H,13,15)/t10-/m1/s1. The Balaban J connectivity index is 1.72. The van der Waals surface area contributed by atoms with E-state index in [-0.39, 0.29) is 17.9 Å². The van der Waals surface area contributed by atoms with Gasteiger partial charge in [0.15, 0.2) is 0 Å². The maximum atomic E-state index is 10.7. The van der Waals surface area contributed by atoms with Crippen LogP contribution >= 0.6 is 0 Å². The molecular weight excluding hydrogens is 208 g/mol. The molecule has 1 aromatic rings. The molecule has 0 bridgehead atoms. The number of hydrogen-bond acceptors (Lipinski definition) is 4. The van der Waals surface area contributed by atoms with Crippen LogP contribution in [0.25, 0.3) is 0 Å². The van der Waals surface area contributed by atoms with Crippen molar-refractivity contribution in [2.45, 2.75) is 12.6 Å². The number of ether oxygens (including phenoxy) is 1. The molecule has 0 aliphatic carbocycles. The second kappa shape index (κ2) is 4.85. The Morgan fingerprint density at radius 2 is 2.19 bits per heavy atom. The summed E-state index contributed by atoms with van der Waals surface area (Å²) in [4.78, 5) is 10.7. The molecule has 2 rings (SSSR count). The second-order valence-corrected chi connectivity index (χ2v) is 3.71. The number of alkyl carbamates (subject to hydrolysis) is 1. The lowest BCUT2D eigenvalue weighted by Crippen LogP contribution is -2.29. The number of benzene rings is 1. The van der Waals surface area contributed by atoms with Gasteiger partial charge in [-0.2, -0.15) is 0 Å². The topological polar surface area (TPSA) is 70.6 Å². The number of phenolic OH excluding ortho intramolecular Hbond substituents is 1. The van der Waals surface area contributed by atoms with Gasteiger partial charge in [-0.1, -0.05) is 12.1 Å². The lowest BCUT2D eigenvalue weighted by atomic mass is 10.2. The Labute approximate surface area is 93.4 Å². The zero-order valence-corrected chi connectivity index (χ0v) is 8.77. The van der Waals surface area contributed by atoms with Crippen LogP contribution in [0.3, 0.4) is 0 Å². The number of amides is 1. The van der Waals surface area contributed by atoms with E-state index in [2.05, 4.69) is 10.6 Å². The molecule has 0 radical (unpaired) electrons. The van der Waals surface area contributed by atoms with Gasteiger partial charge in [0.2, 0.25) is 0 Å². The molecule has 3 N–H and O–H groups in total. The van der Waals surface area contributed by atoms with Crippen molar-refractivity contribution >= 4 is 6.09 Å². The third-order valence-electron chi connectivity index (χ3n) is 2.39. The number of carbonyl (C=O) groups excluding carboxylic acids is 1. The number of carbonyl (C=O) groups is 1. The van der Waals surface area contributed by atoms with Crippen LogP contribution in [0.15, 0.2) is 24.3 Å². The van der Waals surface area contributed by atoms with Crippen molar-refractivity contribution in [3.63, 3.8) is 0 Å². The number of phenols is 1. The molecule has 86 valence electrons. The summed E-state index contributed by atoms with van der Waals surface area (Å²) in [5, 5.41) is 14.9. The molecule has 1 aliphatic heterocycles. The predicted molar refractivity (Wildman–Crippen MR) is 58.1 cm³/mol. The maximum absolute atomic E-state index is 10.7. The monoisotopic (exact) mass is 222 g/mol. The molecule has 0 aromatic heterocycles. The molecule has 16 heavy (non-hydrogen) atoms. The quantitative estimate of drug-likeness (QED) is 0.697. The van der Waals surface area contributed by atoms with Crippen LogP contribution < -0.4 is 10.6 Å². The highest BCUT2D eigenvalue weighted by molar-refractivity contribution is 5.69. The number of hydrogen-bond donors (Lipinski definition) is 3. The molecule has 1 atom stereocenters. The Hall–Kier alpha value is -1.75. The summed E-state index contributed by atoms with van der Waals surface area (Å²) in [5.74, 6) is 0.262. The van der Waals surface area contributed by atoms with Gasteiger partial charge in [0.25, 0.3) is 0 Å². The van der Waals surface area contributed by atoms with Gasteiger partial charge in [-0.25, -0.2) is 4.79 Å². The van der Waals surface area contributed by atoms with Crippen LogP contribution in [0.4, 0.5) is 4.79 Å². The third kappa shape index (κ3) is 2.87. The zero-order valence-electron chi connectivity index (χ0n) is 8.77. The average Bonchev–Trinajstić information content (AvgIpc) is 2.67. The minimum Gasteiger partial charge on any atom is -0.508 e. The number of cyclic esters (lactones) is 1. The molecule has 0 unspecified atom stereocenters. The number of nitrogens with one attached hydrogen (secondary N) is 2. The van der Waals surface area contributed by atoms with Crippen LogP contribution in [0, 0.1) is 0 Å². The van der Waals surface area contributed by atoms with Gasteiger partial charge in [-0.3, -0.25) is 0 Å². The van der Waals surface area contributed by atoms with E-state index in [1.807, 2.05) is 12.1 Å². The van der Waals surface area contributed by atoms with E-state index in [0.717, 1.165) is 5.56 Å². The van der Waals surface area contributed by atoms with Crippen LogP contribution in [0.5, 0.6) is 5.75 Å². The van der Waals surface area contributed by atoms with Crippen LogP contribution in [-0.2, 0) is 11.3 Å². The molecule has 5 nitrogen and oxygen atoms in total. The molecule has 1 saturated heterocycles. The first-order valence-corrected chi connectivity index (χ1v) is 5.17. The molecule has 0 spiro atoms. The van der Waals surface area contributed by atoms with E-state index in [4.69, 9.17) is 9.84 Å². The summed E-state index contributed by atoms with van der Waals surface area (Å²) in [5.41, 5.74) is 1.08. The fourth-order valence-corrected chi connectivity index (χ4v) is 1.54. The second-order valence-electron chi connectivity index (χ2n) is 3.71. The van der Waals surface area contributed by atoms with Crippen LogP contribution in [0.2, 0.25) is 0 Å². The summed E-state index contributed by atoms with van der Waals surface area (Å²) in [7, 11) is 0. The molecule has 0 saturated carbocycles. The average molecular weight is 222 g/mol. The van der Waals surface area contributed by atoms with Gasteiger partial charge in [0.05, 0.1) is 6.54 Å². The molecule has 1 fully saturated rings. The lowest BCUT2D eigenvalue weighted by Gasteiger charge is -2.09. The molecule has 1 heterocycles. The van der Waals surface area contributed by atoms with Gasteiger partial charge in [0, 0.05) is 13.1 Å². The largest absolute Gasteiger partial charge is 0.508 e. The molecule has 1 aliphatic rings. The van der Waals surface area contributed by atoms with Crippen molar-refractivity contribution in [1.29, 1.82) is 0 Å².